The van der Waals surface area contributed by atoms with E-state index in [0.29, 0.717) is 17.8 Å². The molecule has 4 rings (SSSR count). The van der Waals surface area contributed by atoms with Crippen LogP contribution < -0.4 is 19.7 Å². The highest BCUT2D eigenvalue weighted by atomic mass is 32.2. The molecule has 2 aliphatic rings. The van der Waals surface area contributed by atoms with Crippen molar-refractivity contribution in [1.29, 1.82) is 0 Å². The van der Waals surface area contributed by atoms with Crippen LogP contribution in [0.3, 0.4) is 0 Å². The molecule has 154 valence electrons. The lowest BCUT2D eigenvalue weighted by atomic mass is 10.1. The van der Waals surface area contributed by atoms with E-state index in [4.69, 9.17) is 0 Å². The first-order valence-corrected chi connectivity index (χ1v) is 10.8. The van der Waals surface area contributed by atoms with Gasteiger partial charge in [0.1, 0.15) is 0 Å². The number of halogens is 2. The molecule has 0 saturated carbocycles. The highest BCUT2D eigenvalue weighted by Crippen LogP contribution is 2.42. The van der Waals surface area contributed by atoms with E-state index < -0.39 is 22.2 Å². The summed E-state index contributed by atoms with van der Waals surface area (Å²) < 4.78 is 58.8. The Bertz CT molecular complexity index is 1030. The third-order valence-electron chi connectivity index (χ3n) is 4.72. The summed E-state index contributed by atoms with van der Waals surface area (Å²) >= 11 is 0. The van der Waals surface area contributed by atoms with Crippen LogP contribution in [0.1, 0.15) is 6.42 Å². The van der Waals surface area contributed by atoms with Gasteiger partial charge in [-0.2, -0.15) is 0 Å². The molecule has 0 aromatic heterocycles. The van der Waals surface area contributed by atoms with E-state index in [0.717, 1.165) is 0 Å². The molecule has 0 unspecified atom stereocenters. The molecule has 0 radical (unpaired) electrons. The van der Waals surface area contributed by atoms with Crippen molar-refractivity contribution in [1.82, 2.24) is 0 Å². The molecule has 2 heterocycles. The summed E-state index contributed by atoms with van der Waals surface area (Å²) in [5, 5.41) is 2.87. The molecule has 0 spiro atoms. The first kappa shape index (κ1) is 19.4. The smallest absolute Gasteiger partial charge is 0.395 e. The lowest BCUT2D eigenvalue weighted by molar-refractivity contribution is -0.286. The zero-order valence-corrected chi connectivity index (χ0v) is 16.0. The van der Waals surface area contributed by atoms with Crippen LogP contribution in [0.2, 0.25) is 0 Å². The van der Waals surface area contributed by atoms with Crippen molar-refractivity contribution in [3.63, 3.8) is 0 Å². The first-order valence-electron chi connectivity index (χ1n) is 8.94. The summed E-state index contributed by atoms with van der Waals surface area (Å²) in [6.45, 7) is -0.151. The number of nitrogens with one attached hydrogen (secondary N) is 1. The summed E-state index contributed by atoms with van der Waals surface area (Å²) in [5.74, 6) is -0.602. The topological polar surface area (TPSA) is 84.9 Å². The molecular formula is C19H18F2N2O5S. The Kier molecular flexibility index (Phi) is 4.81. The number of carbonyl (C=O) groups is 1. The van der Waals surface area contributed by atoms with E-state index in [1.54, 1.807) is 30.3 Å². The van der Waals surface area contributed by atoms with Crippen molar-refractivity contribution in [3.05, 3.63) is 48.5 Å². The van der Waals surface area contributed by atoms with Crippen LogP contribution in [0.15, 0.2) is 48.5 Å². The maximum atomic E-state index is 13.1. The van der Waals surface area contributed by atoms with Gasteiger partial charge >= 0.3 is 6.29 Å². The summed E-state index contributed by atoms with van der Waals surface area (Å²) in [5.41, 5.74) is 0.997. The Balaban J connectivity index is 1.49. The largest absolute Gasteiger partial charge is 0.586 e. The number of fused-ring (bicyclic) bond motifs is 1. The van der Waals surface area contributed by atoms with E-state index >= 15 is 0 Å². The molecule has 1 saturated heterocycles. The number of hydrogen-bond donors (Lipinski definition) is 1. The van der Waals surface area contributed by atoms with E-state index in [1.807, 2.05) is 0 Å². The second kappa shape index (κ2) is 7.18. The van der Waals surface area contributed by atoms with Gasteiger partial charge in [-0.1, -0.05) is 18.2 Å². The van der Waals surface area contributed by atoms with Crippen LogP contribution >= 0.6 is 0 Å². The van der Waals surface area contributed by atoms with E-state index in [-0.39, 0.29) is 35.5 Å². The van der Waals surface area contributed by atoms with Crippen molar-refractivity contribution in [2.45, 2.75) is 18.8 Å². The summed E-state index contributed by atoms with van der Waals surface area (Å²) in [4.78, 5) is 14.4. The molecule has 0 aliphatic carbocycles. The van der Waals surface area contributed by atoms with Crippen LogP contribution in [0, 0.1) is 0 Å². The van der Waals surface area contributed by atoms with Crippen LogP contribution in [0.5, 0.6) is 11.5 Å². The fraction of sp³-hybridized carbons (Fsp3) is 0.316. The number of rotatable bonds is 5. The van der Waals surface area contributed by atoms with Crippen LogP contribution in [0.4, 0.5) is 20.2 Å². The van der Waals surface area contributed by atoms with Crippen molar-refractivity contribution >= 4 is 27.1 Å². The maximum Gasteiger partial charge on any atom is 0.586 e. The minimum atomic E-state index is -3.71. The fourth-order valence-electron chi connectivity index (χ4n) is 3.45. The Hall–Kier alpha value is -2.88. The number of ether oxygens (including phenoxy) is 2. The average Bonchev–Trinajstić information content (AvgIpc) is 3.17. The van der Waals surface area contributed by atoms with Gasteiger partial charge in [-0.15, -0.1) is 8.78 Å². The SMILES string of the molecule is O=C(CNc1ccc2c(c1)OC(F)(F)O2)N(c1ccccc1)[C@H]1CCS(=O)(=O)C1. The molecule has 10 heteroatoms. The number of sulfone groups is 1. The number of hydrogen-bond acceptors (Lipinski definition) is 6. The van der Waals surface area contributed by atoms with Crippen LogP contribution in [0.25, 0.3) is 0 Å². The van der Waals surface area contributed by atoms with Crippen molar-refractivity contribution < 1.29 is 31.5 Å². The zero-order chi connectivity index (χ0) is 20.6. The fourth-order valence-corrected chi connectivity index (χ4v) is 5.15. The molecular weight excluding hydrogens is 406 g/mol. The normalized spacial score (nSPS) is 21.0. The van der Waals surface area contributed by atoms with Gasteiger partial charge < -0.3 is 19.7 Å². The van der Waals surface area contributed by atoms with Gasteiger partial charge in [-0.25, -0.2) is 8.42 Å². The quantitative estimate of drug-likeness (QED) is 0.795. The summed E-state index contributed by atoms with van der Waals surface area (Å²) in [6.07, 6.45) is -3.35. The van der Waals surface area contributed by atoms with Gasteiger partial charge in [0, 0.05) is 17.4 Å². The molecule has 29 heavy (non-hydrogen) atoms. The molecule has 2 aliphatic heterocycles. The van der Waals surface area contributed by atoms with E-state index in [9.17, 15) is 22.0 Å². The number of benzene rings is 2. The van der Waals surface area contributed by atoms with Gasteiger partial charge in [0.25, 0.3) is 0 Å². The number of nitrogens with zero attached hydrogens (tertiary/aromatic N) is 1. The zero-order valence-electron chi connectivity index (χ0n) is 15.2. The monoisotopic (exact) mass is 424 g/mol. The van der Waals surface area contributed by atoms with Crippen molar-refractivity contribution in [2.75, 3.05) is 28.3 Å². The third kappa shape index (κ3) is 4.26. The Morgan fingerprint density at radius 2 is 1.86 bits per heavy atom. The lowest BCUT2D eigenvalue weighted by Crippen LogP contribution is -2.44. The molecule has 1 N–H and O–H groups in total. The Morgan fingerprint density at radius 1 is 1.14 bits per heavy atom. The lowest BCUT2D eigenvalue weighted by Gasteiger charge is -2.28. The van der Waals surface area contributed by atoms with E-state index in [2.05, 4.69) is 14.8 Å². The number of alkyl halides is 2. The highest BCUT2D eigenvalue weighted by Gasteiger charge is 2.43. The summed E-state index contributed by atoms with van der Waals surface area (Å²) in [6, 6.07) is 12.5. The van der Waals surface area contributed by atoms with Crippen molar-refractivity contribution in [2.24, 2.45) is 0 Å². The second-order valence-electron chi connectivity index (χ2n) is 6.84. The second-order valence-corrected chi connectivity index (χ2v) is 9.07. The number of anilines is 2. The summed E-state index contributed by atoms with van der Waals surface area (Å²) in [7, 11) is -3.18. The standard InChI is InChI=1S/C19H18F2N2O5S/c20-19(21)27-16-7-6-13(10-17(16)28-19)22-11-18(24)23(14-4-2-1-3-5-14)15-8-9-29(25,26)12-15/h1-7,10,15,22H,8-9,11-12H2/t15-/m0/s1. The minimum Gasteiger partial charge on any atom is -0.395 e. The maximum absolute atomic E-state index is 13.1. The van der Waals surface area contributed by atoms with E-state index in [1.165, 1.54) is 23.1 Å². The number of amides is 1. The molecule has 2 aromatic rings. The number of carbonyl (C=O) groups excluding carboxylic acids is 1. The average molecular weight is 424 g/mol. The molecule has 1 amide bonds. The highest BCUT2D eigenvalue weighted by molar-refractivity contribution is 7.91. The van der Waals surface area contributed by atoms with Crippen LogP contribution in [-0.2, 0) is 14.6 Å². The minimum absolute atomic E-state index is 0.0398. The molecule has 2 aromatic carbocycles. The molecule has 1 atom stereocenters. The third-order valence-corrected chi connectivity index (χ3v) is 6.47. The van der Waals surface area contributed by atoms with Gasteiger partial charge in [0.15, 0.2) is 21.3 Å². The number of para-hydroxylation sites is 1. The van der Waals surface area contributed by atoms with Gasteiger partial charge in [0.2, 0.25) is 5.91 Å². The van der Waals surface area contributed by atoms with Crippen molar-refractivity contribution in [3.8, 4) is 11.5 Å². The van der Waals surface area contributed by atoms with Gasteiger partial charge in [-0.05, 0) is 30.7 Å². The molecule has 0 bridgehead atoms. The Labute approximate surface area is 166 Å². The van der Waals surface area contributed by atoms with Crippen LogP contribution in [-0.4, -0.2) is 44.7 Å². The molecule has 7 nitrogen and oxygen atoms in total. The van der Waals surface area contributed by atoms with Gasteiger partial charge in [0.05, 0.1) is 24.1 Å². The molecule has 1 fully saturated rings. The predicted molar refractivity (Wildman–Crippen MR) is 102 cm³/mol. The van der Waals surface area contributed by atoms with Gasteiger partial charge in [-0.3, -0.25) is 4.79 Å². The first-order chi connectivity index (χ1) is 13.7. The predicted octanol–water partition coefficient (Wildman–Crippen LogP) is 2.64. The Morgan fingerprint density at radius 3 is 2.55 bits per heavy atom.